The largest absolute Gasteiger partial charge is 0.311 e. The van der Waals surface area contributed by atoms with Gasteiger partial charge in [0.05, 0.1) is 22.2 Å². The Kier molecular flexibility index (Phi) is 8.79. The molecule has 0 aliphatic heterocycles. The molecule has 0 radical (unpaired) electrons. The van der Waals surface area contributed by atoms with Gasteiger partial charge in [0.25, 0.3) is 0 Å². The summed E-state index contributed by atoms with van der Waals surface area (Å²) in [5.41, 5.74) is 15.3. The van der Waals surface area contributed by atoms with Crippen LogP contribution in [0.25, 0.3) is 83.3 Å². The van der Waals surface area contributed by atoms with Crippen LogP contribution in [0.5, 0.6) is 0 Å². The highest BCUT2D eigenvalue weighted by atomic mass is 15.2. The standard InChI is InChI=1S/C56H38N4/c1-4-14-39(15-5-1)41-24-31-46(32-25-41)59(47-33-26-42(27-34-47)40-16-6-2-7-17-40)48-35-28-43(29-36-48)45-30-37-50-49-20-11-13-23-53(49)60(54(50)38-45)56-57-52-22-12-10-21-51(52)55(58-56)44-18-8-3-9-19-44/h1-38H. The predicted octanol–water partition coefficient (Wildman–Crippen LogP) is 14.9. The first-order valence-corrected chi connectivity index (χ1v) is 20.3. The minimum absolute atomic E-state index is 0.651. The lowest BCUT2D eigenvalue weighted by atomic mass is 10.0. The van der Waals surface area contributed by atoms with Gasteiger partial charge < -0.3 is 4.90 Å². The molecule has 4 nitrogen and oxygen atoms in total. The van der Waals surface area contributed by atoms with Gasteiger partial charge in [-0.2, -0.15) is 0 Å². The lowest BCUT2D eigenvalue weighted by Gasteiger charge is -2.26. The number of benzene rings is 9. The molecule has 0 atom stereocenters. The molecule has 9 aromatic carbocycles. The van der Waals surface area contributed by atoms with Crippen molar-refractivity contribution in [2.24, 2.45) is 0 Å². The maximum Gasteiger partial charge on any atom is 0.235 e. The van der Waals surface area contributed by atoms with Gasteiger partial charge in [0.2, 0.25) is 5.95 Å². The zero-order valence-corrected chi connectivity index (χ0v) is 32.7. The van der Waals surface area contributed by atoms with Crippen molar-refractivity contribution >= 4 is 49.8 Å². The van der Waals surface area contributed by atoms with E-state index in [2.05, 4.69) is 228 Å². The number of nitrogens with zero attached hydrogens (tertiary/aromatic N) is 4. The van der Waals surface area contributed by atoms with E-state index in [9.17, 15) is 0 Å². The van der Waals surface area contributed by atoms with E-state index >= 15 is 0 Å². The number of aromatic nitrogens is 3. The van der Waals surface area contributed by atoms with Crippen LogP contribution < -0.4 is 4.90 Å². The van der Waals surface area contributed by atoms with E-state index in [0.29, 0.717) is 5.95 Å². The van der Waals surface area contributed by atoms with Crippen LogP contribution in [-0.4, -0.2) is 14.5 Å². The van der Waals surface area contributed by atoms with E-state index in [4.69, 9.17) is 9.97 Å². The summed E-state index contributed by atoms with van der Waals surface area (Å²) >= 11 is 0. The first-order chi connectivity index (χ1) is 29.7. The number of hydrogen-bond donors (Lipinski definition) is 0. The fraction of sp³-hybridized carbons (Fsp3) is 0. The fourth-order valence-electron chi connectivity index (χ4n) is 8.46. The molecular formula is C56H38N4. The van der Waals surface area contributed by atoms with Gasteiger partial charge in [0.1, 0.15) is 0 Å². The monoisotopic (exact) mass is 766 g/mol. The molecule has 282 valence electrons. The summed E-state index contributed by atoms with van der Waals surface area (Å²) in [5, 5.41) is 3.36. The lowest BCUT2D eigenvalue weighted by molar-refractivity contribution is 1.01. The molecule has 2 aromatic heterocycles. The Morgan fingerprint density at radius 3 is 1.28 bits per heavy atom. The summed E-state index contributed by atoms with van der Waals surface area (Å²) in [6, 6.07) is 81.7. The van der Waals surface area contributed by atoms with Gasteiger partial charge in [-0.05, 0) is 88.0 Å². The molecule has 4 heteroatoms. The van der Waals surface area contributed by atoms with E-state index in [0.717, 1.165) is 66.8 Å². The van der Waals surface area contributed by atoms with Crippen molar-refractivity contribution < 1.29 is 0 Å². The molecule has 0 aliphatic rings. The third kappa shape index (κ3) is 6.37. The highest BCUT2D eigenvalue weighted by Gasteiger charge is 2.19. The molecule has 0 unspecified atom stereocenters. The Labute approximate surface area is 348 Å². The van der Waals surface area contributed by atoms with Crippen LogP contribution in [0.4, 0.5) is 17.1 Å². The number of para-hydroxylation sites is 2. The Balaban J connectivity index is 1.01. The highest BCUT2D eigenvalue weighted by Crippen LogP contribution is 2.39. The molecule has 0 aliphatic carbocycles. The van der Waals surface area contributed by atoms with Crippen molar-refractivity contribution in [2.45, 2.75) is 0 Å². The normalized spacial score (nSPS) is 11.3. The summed E-state index contributed by atoms with van der Waals surface area (Å²) in [4.78, 5) is 12.8. The minimum Gasteiger partial charge on any atom is -0.311 e. The molecule has 0 amide bonds. The van der Waals surface area contributed by atoms with E-state index in [1.807, 2.05) is 12.1 Å². The number of anilines is 3. The van der Waals surface area contributed by atoms with Crippen LogP contribution >= 0.6 is 0 Å². The molecule has 11 rings (SSSR count). The molecule has 0 spiro atoms. The van der Waals surface area contributed by atoms with Gasteiger partial charge >= 0.3 is 0 Å². The lowest BCUT2D eigenvalue weighted by Crippen LogP contribution is -2.09. The predicted molar refractivity (Wildman–Crippen MR) is 250 cm³/mol. The zero-order chi connectivity index (χ0) is 39.8. The number of fused-ring (bicyclic) bond motifs is 4. The summed E-state index contributed by atoms with van der Waals surface area (Å²) in [6.07, 6.45) is 0. The van der Waals surface area contributed by atoms with Crippen LogP contribution in [0.1, 0.15) is 0 Å². The van der Waals surface area contributed by atoms with Gasteiger partial charge in [0.15, 0.2) is 0 Å². The Morgan fingerprint density at radius 1 is 0.300 bits per heavy atom. The average Bonchev–Trinajstić information content (AvgIpc) is 3.66. The third-order valence-corrected chi connectivity index (χ3v) is 11.4. The Bertz CT molecular complexity index is 3180. The van der Waals surface area contributed by atoms with Crippen molar-refractivity contribution in [2.75, 3.05) is 4.90 Å². The van der Waals surface area contributed by atoms with Gasteiger partial charge in [-0.25, -0.2) is 9.97 Å². The molecule has 0 saturated heterocycles. The van der Waals surface area contributed by atoms with Crippen LogP contribution in [0.2, 0.25) is 0 Å². The summed E-state index contributed by atoms with van der Waals surface area (Å²) in [7, 11) is 0. The van der Waals surface area contributed by atoms with Gasteiger partial charge in [0, 0.05) is 38.8 Å². The highest BCUT2D eigenvalue weighted by molar-refractivity contribution is 6.10. The van der Waals surface area contributed by atoms with Crippen LogP contribution in [-0.2, 0) is 0 Å². The SMILES string of the molecule is c1ccc(-c2ccc(N(c3ccc(-c4ccccc4)cc3)c3ccc(-c4ccc5c6ccccc6n(-c6nc(-c7ccccc7)c7ccccc7n6)c5c4)cc3)cc2)cc1. The van der Waals surface area contributed by atoms with Crippen molar-refractivity contribution in [3.05, 3.63) is 231 Å². The van der Waals surface area contributed by atoms with Crippen LogP contribution in [0, 0.1) is 0 Å². The van der Waals surface area contributed by atoms with Crippen molar-refractivity contribution in [3.8, 4) is 50.6 Å². The third-order valence-electron chi connectivity index (χ3n) is 11.4. The minimum atomic E-state index is 0.651. The van der Waals surface area contributed by atoms with E-state index in [1.165, 1.54) is 27.6 Å². The Morgan fingerprint density at radius 2 is 0.717 bits per heavy atom. The molecule has 0 N–H and O–H groups in total. The molecule has 2 heterocycles. The first-order valence-electron chi connectivity index (χ1n) is 20.3. The zero-order valence-electron chi connectivity index (χ0n) is 32.7. The second-order valence-electron chi connectivity index (χ2n) is 15.0. The smallest absolute Gasteiger partial charge is 0.235 e. The summed E-state index contributed by atoms with van der Waals surface area (Å²) < 4.78 is 2.22. The molecule has 0 fully saturated rings. The van der Waals surface area contributed by atoms with E-state index < -0.39 is 0 Å². The van der Waals surface area contributed by atoms with Crippen molar-refractivity contribution in [1.82, 2.24) is 14.5 Å². The molecule has 0 saturated carbocycles. The maximum absolute atomic E-state index is 5.30. The first kappa shape index (κ1) is 35.1. The van der Waals surface area contributed by atoms with Gasteiger partial charge in [-0.3, -0.25) is 4.57 Å². The second-order valence-corrected chi connectivity index (χ2v) is 15.0. The molecule has 60 heavy (non-hydrogen) atoms. The number of hydrogen-bond acceptors (Lipinski definition) is 3. The summed E-state index contributed by atoms with van der Waals surface area (Å²) in [5.74, 6) is 0.651. The van der Waals surface area contributed by atoms with Gasteiger partial charge in [-0.15, -0.1) is 0 Å². The fourth-order valence-corrected chi connectivity index (χ4v) is 8.46. The quantitative estimate of drug-likeness (QED) is 0.154. The Hall–Kier alpha value is -8.08. The maximum atomic E-state index is 5.30. The topological polar surface area (TPSA) is 34.0 Å². The van der Waals surface area contributed by atoms with Crippen molar-refractivity contribution in [3.63, 3.8) is 0 Å². The van der Waals surface area contributed by atoms with Crippen LogP contribution in [0.15, 0.2) is 231 Å². The summed E-state index contributed by atoms with van der Waals surface area (Å²) in [6.45, 7) is 0. The van der Waals surface area contributed by atoms with Gasteiger partial charge in [-0.1, -0.05) is 176 Å². The average molecular weight is 767 g/mol. The molecule has 11 aromatic rings. The molecule has 0 bridgehead atoms. The van der Waals surface area contributed by atoms with E-state index in [-0.39, 0.29) is 0 Å². The van der Waals surface area contributed by atoms with Crippen LogP contribution in [0.3, 0.4) is 0 Å². The second kappa shape index (κ2) is 15.0. The van der Waals surface area contributed by atoms with E-state index in [1.54, 1.807) is 0 Å². The molecular weight excluding hydrogens is 729 g/mol. The number of rotatable bonds is 8. The van der Waals surface area contributed by atoms with Crippen molar-refractivity contribution in [1.29, 1.82) is 0 Å².